The van der Waals surface area contributed by atoms with Gasteiger partial charge in [0.1, 0.15) is 0 Å². The fourth-order valence-electron chi connectivity index (χ4n) is 3.45. The molecule has 0 atom stereocenters. The highest BCUT2D eigenvalue weighted by Crippen LogP contribution is 2.37. The Morgan fingerprint density at radius 2 is 1.93 bits per heavy atom. The first kappa shape index (κ1) is 20.2. The Morgan fingerprint density at radius 1 is 1.21 bits per heavy atom. The molecule has 5 nitrogen and oxygen atoms in total. The third kappa shape index (κ3) is 4.85. The normalized spacial score (nSPS) is 14.4. The van der Waals surface area contributed by atoms with E-state index in [0.717, 1.165) is 25.9 Å². The quantitative estimate of drug-likeness (QED) is 0.660. The molecule has 0 bridgehead atoms. The van der Waals surface area contributed by atoms with Crippen molar-refractivity contribution in [3.8, 4) is 17.6 Å². The Morgan fingerprint density at radius 3 is 2.57 bits per heavy atom. The molecule has 0 saturated carbocycles. The average Bonchev–Trinajstić information content (AvgIpc) is 2.73. The van der Waals surface area contributed by atoms with Gasteiger partial charge in [-0.25, -0.2) is 0 Å². The zero-order valence-electron chi connectivity index (χ0n) is 15.9. The van der Waals surface area contributed by atoms with Gasteiger partial charge >= 0.3 is 0 Å². The number of hydrogen-bond donors (Lipinski definition) is 0. The molecule has 1 aliphatic heterocycles. The minimum absolute atomic E-state index is 0.0368. The van der Waals surface area contributed by atoms with Gasteiger partial charge in [0.2, 0.25) is 0 Å². The van der Waals surface area contributed by atoms with Crippen molar-refractivity contribution in [2.24, 2.45) is 0 Å². The van der Waals surface area contributed by atoms with Crippen LogP contribution in [0.4, 0.5) is 0 Å². The van der Waals surface area contributed by atoms with Crippen LogP contribution in [0.25, 0.3) is 0 Å². The molecule has 1 saturated heterocycles. The van der Waals surface area contributed by atoms with E-state index < -0.39 is 0 Å². The Labute approximate surface area is 174 Å². The zero-order chi connectivity index (χ0) is 19.9. The maximum absolute atomic E-state index is 12.6. The number of hydrogen-bond acceptors (Lipinski definition) is 4. The predicted molar refractivity (Wildman–Crippen MR) is 111 cm³/mol. The van der Waals surface area contributed by atoms with E-state index in [-0.39, 0.29) is 12.5 Å². The average molecular weight is 443 g/mol. The molecule has 1 aliphatic rings. The number of nitrogens with zero attached hydrogens (tertiary/aromatic N) is 2. The minimum Gasteiger partial charge on any atom is -0.490 e. The van der Waals surface area contributed by atoms with Crippen molar-refractivity contribution >= 4 is 21.8 Å². The van der Waals surface area contributed by atoms with E-state index in [9.17, 15) is 4.79 Å². The second-order valence-corrected chi connectivity index (χ2v) is 7.54. The number of amides is 1. The Hall–Kier alpha value is -2.52. The second-order valence-electron chi connectivity index (χ2n) is 6.68. The number of halogens is 1. The third-order valence-corrected chi connectivity index (χ3v) is 5.49. The highest BCUT2D eigenvalue weighted by atomic mass is 79.9. The SMILES string of the molecule is CCOc1cc(C#N)cc(Br)c1OCC(=O)N1CCC(c2ccccc2)CC1. The number of piperidine rings is 1. The third-order valence-electron chi connectivity index (χ3n) is 4.90. The molecule has 1 heterocycles. The summed E-state index contributed by atoms with van der Waals surface area (Å²) in [5, 5.41) is 9.11. The molecule has 146 valence electrons. The van der Waals surface area contributed by atoms with Gasteiger partial charge in [-0.05, 0) is 53.2 Å². The smallest absolute Gasteiger partial charge is 0.260 e. The molecular formula is C22H23BrN2O3. The Bertz CT molecular complexity index is 856. The van der Waals surface area contributed by atoms with Gasteiger partial charge in [-0.1, -0.05) is 30.3 Å². The summed E-state index contributed by atoms with van der Waals surface area (Å²) in [4.78, 5) is 14.5. The molecule has 0 spiro atoms. The number of nitriles is 1. The van der Waals surface area contributed by atoms with E-state index in [1.165, 1.54) is 5.56 Å². The molecule has 1 fully saturated rings. The summed E-state index contributed by atoms with van der Waals surface area (Å²) in [6.45, 7) is 3.71. The van der Waals surface area contributed by atoms with Gasteiger partial charge in [0, 0.05) is 19.2 Å². The lowest BCUT2D eigenvalue weighted by molar-refractivity contribution is -0.134. The largest absolute Gasteiger partial charge is 0.490 e. The van der Waals surface area contributed by atoms with Crippen LogP contribution in [0.1, 0.15) is 36.8 Å². The fraction of sp³-hybridized carbons (Fsp3) is 0.364. The minimum atomic E-state index is -0.0550. The van der Waals surface area contributed by atoms with Crippen LogP contribution in [-0.4, -0.2) is 37.1 Å². The number of benzene rings is 2. The van der Waals surface area contributed by atoms with Crippen molar-refractivity contribution in [3.63, 3.8) is 0 Å². The number of rotatable bonds is 6. The molecule has 2 aromatic rings. The monoisotopic (exact) mass is 442 g/mol. The van der Waals surface area contributed by atoms with Crippen LogP contribution in [0.15, 0.2) is 46.9 Å². The van der Waals surface area contributed by atoms with Crippen LogP contribution < -0.4 is 9.47 Å². The van der Waals surface area contributed by atoms with Crippen molar-refractivity contribution in [1.29, 1.82) is 5.26 Å². The molecule has 0 unspecified atom stereocenters. The first-order chi connectivity index (χ1) is 13.6. The summed E-state index contributed by atoms with van der Waals surface area (Å²) in [5.74, 6) is 1.38. The van der Waals surface area contributed by atoms with E-state index in [4.69, 9.17) is 14.7 Å². The van der Waals surface area contributed by atoms with Gasteiger partial charge in [-0.2, -0.15) is 5.26 Å². The molecular weight excluding hydrogens is 420 g/mol. The number of likely N-dealkylation sites (tertiary alicyclic amines) is 1. The molecule has 0 aromatic heterocycles. The predicted octanol–water partition coefficient (Wildman–Crippen LogP) is 4.50. The summed E-state index contributed by atoms with van der Waals surface area (Å²) in [6, 6.07) is 15.8. The van der Waals surface area contributed by atoms with Gasteiger partial charge in [0.25, 0.3) is 5.91 Å². The molecule has 0 N–H and O–H groups in total. The van der Waals surface area contributed by atoms with E-state index in [1.807, 2.05) is 17.9 Å². The summed E-state index contributed by atoms with van der Waals surface area (Å²) in [5.41, 5.74) is 1.81. The second kappa shape index (κ2) is 9.61. The summed E-state index contributed by atoms with van der Waals surface area (Å²) < 4.78 is 11.9. The van der Waals surface area contributed by atoms with E-state index in [1.54, 1.807) is 12.1 Å². The van der Waals surface area contributed by atoms with Crippen molar-refractivity contribution in [1.82, 2.24) is 4.90 Å². The lowest BCUT2D eigenvalue weighted by atomic mass is 9.89. The summed E-state index contributed by atoms with van der Waals surface area (Å²) in [6.07, 6.45) is 1.92. The van der Waals surface area contributed by atoms with Crippen LogP contribution in [0.3, 0.4) is 0 Å². The zero-order valence-corrected chi connectivity index (χ0v) is 17.4. The molecule has 2 aromatic carbocycles. The van der Waals surface area contributed by atoms with E-state index in [0.29, 0.717) is 34.1 Å². The lowest BCUT2D eigenvalue weighted by Gasteiger charge is -2.32. The highest BCUT2D eigenvalue weighted by molar-refractivity contribution is 9.10. The maximum Gasteiger partial charge on any atom is 0.260 e. The van der Waals surface area contributed by atoms with E-state index in [2.05, 4.69) is 46.3 Å². The van der Waals surface area contributed by atoms with Gasteiger partial charge in [0.05, 0.1) is 22.7 Å². The summed E-state index contributed by atoms with van der Waals surface area (Å²) in [7, 11) is 0. The van der Waals surface area contributed by atoms with Crippen LogP contribution in [0.2, 0.25) is 0 Å². The standard InChI is InChI=1S/C22H23BrN2O3/c1-2-27-20-13-16(14-24)12-19(23)22(20)28-15-21(26)25-10-8-18(9-11-25)17-6-4-3-5-7-17/h3-7,12-13,18H,2,8-11,15H2,1H3. The molecule has 0 aliphatic carbocycles. The Balaban J connectivity index is 1.59. The summed E-state index contributed by atoms with van der Waals surface area (Å²) >= 11 is 3.41. The first-order valence-corrected chi connectivity index (χ1v) is 10.2. The van der Waals surface area contributed by atoms with Gasteiger partial charge in [0.15, 0.2) is 18.1 Å². The van der Waals surface area contributed by atoms with Crippen LogP contribution in [0.5, 0.6) is 11.5 Å². The molecule has 1 amide bonds. The molecule has 0 radical (unpaired) electrons. The van der Waals surface area contributed by atoms with Crippen molar-refractivity contribution in [3.05, 3.63) is 58.1 Å². The van der Waals surface area contributed by atoms with Crippen molar-refractivity contribution < 1.29 is 14.3 Å². The van der Waals surface area contributed by atoms with E-state index >= 15 is 0 Å². The van der Waals surface area contributed by atoms with Crippen molar-refractivity contribution in [2.75, 3.05) is 26.3 Å². The molecule has 28 heavy (non-hydrogen) atoms. The Kier molecular flexibility index (Phi) is 6.94. The fourth-order valence-corrected chi connectivity index (χ4v) is 4.00. The number of ether oxygens (including phenoxy) is 2. The first-order valence-electron chi connectivity index (χ1n) is 9.44. The number of carbonyl (C=O) groups is 1. The van der Waals surface area contributed by atoms with Crippen LogP contribution in [0, 0.1) is 11.3 Å². The number of carbonyl (C=O) groups excluding carboxylic acids is 1. The molecule has 3 rings (SSSR count). The highest BCUT2D eigenvalue weighted by Gasteiger charge is 2.24. The lowest BCUT2D eigenvalue weighted by Crippen LogP contribution is -2.40. The van der Waals surface area contributed by atoms with Crippen molar-refractivity contribution in [2.45, 2.75) is 25.7 Å². The van der Waals surface area contributed by atoms with Crippen LogP contribution >= 0.6 is 15.9 Å². The van der Waals surface area contributed by atoms with Gasteiger partial charge in [-0.15, -0.1) is 0 Å². The topological polar surface area (TPSA) is 62.6 Å². The molecule has 6 heteroatoms. The van der Waals surface area contributed by atoms with Gasteiger partial charge < -0.3 is 14.4 Å². The van der Waals surface area contributed by atoms with Gasteiger partial charge in [-0.3, -0.25) is 4.79 Å². The van der Waals surface area contributed by atoms with Crippen LogP contribution in [-0.2, 0) is 4.79 Å². The maximum atomic E-state index is 12.6.